The van der Waals surface area contributed by atoms with Crippen LogP contribution in [0.15, 0.2) is 18.2 Å². The average Bonchev–Trinajstić information content (AvgIpc) is 2.49. The third-order valence-corrected chi connectivity index (χ3v) is 4.70. The second-order valence-corrected chi connectivity index (χ2v) is 6.19. The normalized spacial score (nSPS) is 18.4. The number of benzene rings is 1. The fourth-order valence-corrected chi connectivity index (χ4v) is 3.30. The van der Waals surface area contributed by atoms with Gasteiger partial charge in [0.1, 0.15) is 5.82 Å². The van der Waals surface area contributed by atoms with Crippen LogP contribution in [0.1, 0.15) is 23.7 Å². The second kappa shape index (κ2) is 6.80. The van der Waals surface area contributed by atoms with Crippen LogP contribution in [-0.2, 0) is 0 Å². The number of halogens is 1. The molecule has 2 N–H and O–H groups in total. The first-order valence-corrected chi connectivity index (χ1v) is 7.76. The van der Waals surface area contributed by atoms with Crippen molar-refractivity contribution in [2.45, 2.75) is 18.6 Å². The zero-order valence-electron chi connectivity index (χ0n) is 11.6. The molecule has 5 nitrogen and oxygen atoms in total. The van der Waals surface area contributed by atoms with E-state index in [-0.39, 0.29) is 11.7 Å². The van der Waals surface area contributed by atoms with Gasteiger partial charge >= 0.3 is 12.0 Å². The van der Waals surface area contributed by atoms with Crippen molar-refractivity contribution in [2.75, 3.05) is 24.2 Å². The van der Waals surface area contributed by atoms with Gasteiger partial charge in [-0.05, 0) is 24.6 Å². The monoisotopic (exact) mass is 312 g/mol. The number of nitrogens with zero attached hydrogens (tertiary/aromatic N) is 1. The van der Waals surface area contributed by atoms with Crippen LogP contribution in [0.25, 0.3) is 0 Å². The number of urea groups is 1. The van der Waals surface area contributed by atoms with Crippen LogP contribution in [0.4, 0.5) is 14.9 Å². The summed E-state index contributed by atoms with van der Waals surface area (Å²) < 4.78 is 13.3. The van der Waals surface area contributed by atoms with Gasteiger partial charge in [0, 0.05) is 29.8 Å². The van der Waals surface area contributed by atoms with Crippen LogP contribution >= 0.6 is 11.8 Å². The molecular formula is C14H17FN2O3S. The van der Waals surface area contributed by atoms with Crippen molar-refractivity contribution in [3.05, 3.63) is 29.6 Å². The Morgan fingerprint density at radius 1 is 1.52 bits per heavy atom. The van der Waals surface area contributed by atoms with E-state index in [0.717, 1.165) is 24.3 Å². The molecule has 2 amide bonds. The van der Waals surface area contributed by atoms with Gasteiger partial charge in [0.05, 0.1) is 5.56 Å². The van der Waals surface area contributed by atoms with Gasteiger partial charge in [0.15, 0.2) is 0 Å². The Morgan fingerprint density at radius 2 is 2.29 bits per heavy atom. The number of hydrogen-bond acceptors (Lipinski definition) is 3. The molecule has 1 fully saturated rings. The molecule has 0 saturated carbocycles. The summed E-state index contributed by atoms with van der Waals surface area (Å²) in [6.07, 6.45) is 0.994. The number of amides is 2. The lowest BCUT2D eigenvalue weighted by molar-refractivity contribution is 0.0692. The lowest BCUT2D eigenvalue weighted by atomic mass is 10.2. The van der Waals surface area contributed by atoms with E-state index in [1.165, 1.54) is 6.07 Å². The predicted octanol–water partition coefficient (Wildman–Crippen LogP) is 2.88. The van der Waals surface area contributed by atoms with Crippen LogP contribution in [-0.4, -0.2) is 46.1 Å². The molecule has 21 heavy (non-hydrogen) atoms. The molecule has 0 bridgehead atoms. The van der Waals surface area contributed by atoms with E-state index in [2.05, 4.69) is 12.2 Å². The predicted molar refractivity (Wildman–Crippen MR) is 80.5 cm³/mol. The molecule has 114 valence electrons. The van der Waals surface area contributed by atoms with E-state index in [1.54, 1.807) is 4.90 Å². The van der Waals surface area contributed by atoms with E-state index in [4.69, 9.17) is 5.11 Å². The largest absolute Gasteiger partial charge is 0.478 e. The maximum absolute atomic E-state index is 13.3. The van der Waals surface area contributed by atoms with Crippen molar-refractivity contribution >= 4 is 29.4 Å². The van der Waals surface area contributed by atoms with Crippen molar-refractivity contribution in [3.8, 4) is 0 Å². The molecule has 2 rings (SSSR count). The number of carbonyl (C=O) groups is 2. The summed E-state index contributed by atoms with van der Waals surface area (Å²) in [6.45, 7) is 3.40. The maximum atomic E-state index is 13.3. The van der Waals surface area contributed by atoms with E-state index >= 15 is 0 Å². The van der Waals surface area contributed by atoms with E-state index in [9.17, 15) is 14.0 Å². The molecule has 0 aromatic heterocycles. The van der Waals surface area contributed by atoms with Gasteiger partial charge in [0.2, 0.25) is 0 Å². The summed E-state index contributed by atoms with van der Waals surface area (Å²) in [6, 6.07) is 3.25. The molecule has 1 aromatic rings. The zero-order valence-corrected chi connectivity index (χ0v) is 12.5. The van der Waals surface area contributed by atoms with Crippen LogP contribution in [0, 0.1) is 5.82 Å². The van der Waals surface area contributed by atoms with Crippen molar-refractivity contribution < 1.29 is 19.1 Å². The Morgan fingerprint density at radius 3 is 2.95 bits per heavy atom. The van der Waals surface area contributed by atoms with Crippen molar-refractivity contribution in [1.29, 1.82) is 0 Å². The van der Waals surface area contributed by atoms with Crippen molar-refractivity contribution in [1.82, 2.24) is 4.90 Å². The zero-order chi connectivity index (χ0) is 15.4. The van der Waals surface area contributed by atoms with Crippen LogP contribution in [0.3, 0.4) is 0 Å². The van der Waals surface area contributed by atoms with E-state index in [0.29, 0.717) is 18.3 Å². The molecule has 1 aliphatic rings. The number of carbonyl (C=O) groups excluding carboxylic acids is 1. The molecule has 7 heteroatoms. The fraction of sp³-hybridized carbons (Fsp3) is 0.429. The number of rotatable bonds is 3. The molecular weight excluding hydrogens is 295 g/mol. The van der Waals surface area contributed by atoms with E-state index < -0.39 is 17.3 Å². The Hall–Kier alpha value is -1.76. The van der Waals surface area contributed by atoms with Gasteiger partial charge in [-0.15, -0.1) is 0 Å². The van der Waals surface area contributed by atoms with Gasteiger partial charge < -0.3 is 15.3 Å². The smallest absolute Gasteiger partial charge is 0.338 e. The molecule has 1 aromatic carbocycles. The quantitative estimate of drug-likeness (QED) is 0.900. The molecule has 1 atom stereocenters. The lowest BCUT2D eigenvalue weighted by Gasteiger charge is -2.31. The molecule has 1 heterocycles. The van der Waals surface area contributed by atoms with E-state index in [1.807, 2.05) is 11.8 Å². The van der Waals surface area contributed by atoms with Gasteiger partial charge in [-0.1, -0.05) is 6.92 Å². The van der Waals surface area contributed by atoms with Gasteiger partial charge in [0.25, 0.3) is 0 Å². The first kappa shape index (κ1) is 15.6. The number of carboxylic acids is 1. The number of anilines is 1. The highest BCUT2D eigenvalue weighted by atomic mass is 32.2. The molecule has 1 saturated heterocycles. The molecule has 1 unspecified atom stereocenters. The molecule has 0 radical (unpaired) electrons. The van der Waals surface area contributed by atoms with Crippen molar-refractivity contribution in [2.24, 2.45) is 0 Å². The summed E-state index contributed by atoms with van der Waals surface area (Å²) >= 11 is 1.85. The minimum Gasteiger partial charge on any atom is -0.478 e. The minimum atomic E-state index is -1.36. The second-order valence-electron chi connectivity index (χ2n) is 4.78. The standard InChI is InChI=1S/C14H17FN2O3S/c1-2-10-8-17(5-6-21-10)14(20)16-9-3-4-12(15)11(7-9)13(18)19/h3-4,7,10H,2,5-6,8H2,1H3,(H,16,20)(H,18,19). The highest BCUT2D eigenvalue weighted by molar-refractivity contribution is 8.00. The van der Waals surface area contributed by atoms with Gasteiger partial charge in [-0.3, -0.25) is 0 Å². The Balaban J connectivity index is 2.05. The first-order valence-electron chi connectivity index (χ1n) is 6.71. The Kier molecular flexibility index (Phi) is 5.06. The first-order chi connectivity index (χ1) is 10.0. The number of nitrogens with one attached hydrogen (secondary N) is 1. The van der Waals surface area contributed by atoms with Crippen LogP contribution in [0.5, 0.6) is 0 Å². The number of thioether (sulfide) groups is 1. The maximum Gasteiger partial charge on any atom is 0.338 e. The molecule has 1 aliphatic heterocycles. The minimum absolute atomic E-state index is 0.281. The van der Waals surface area contributed by atoms with Gasteiger partial charge in [-0.25, -0.2) is 14.0 Å². The molecule has 0 spiro atoms. The number of carboxylic acid groups (broad SMARTS) is 1. The SMILES string of the molecule is CCC1CN(C(=O)Nc2ccc(F)c(C(=O)O)c2)CCS1. The fourth-order valence-electron chi connectivity index (χ4n) is 2.12. The van der Waals surface area contributed by atoms with Crippen LogP contribution < -0.4 is 5.32 Å². The summed E-state index contributed by atoms with van der Waals surface area (Å²) in [4.78, 5) is 24.7. The van der Waals surface area contributed by atoms with Gasteiger partial charge in [-0.2, -0.15) is 11.8 Å². The molecule has 0 aliphatic carbocycles. The third-order valence-electron chi connectivity index (χ3n) is 3.33. The Labute approximate surface area is 126 Å². The lowest BCUT2D eigenvalue weighted by Crippen LogP contribution is -2.44. The summed E-state index contributed by atoms with van der Waals surface area (Å²) in [7, 11) is 0. The van der Waals surface area contributed by atoms with Crippen molar-refractivity contribution in [3.63, 3.8) is 0 Å². The third kappa shape index (κ3) is 3.87. The number of aromatic carboxylic acids is 1. The summed E-state index contributed by atoms with van der Waals surface area (Å²) in [5.74, 6) is -1.29. The Bertz CT molecular complexity index is 553. The summed E-state index contributed by atoms with van der Waals surface area (Å²) in [5, 5.41) is 11.9. The average molecular weight is 312 g/mol. The highest BCUT2D eigenvalue weighted by Crippen LogP contribution is 2.22. The van der Waals surface area contributed by atoms with Crippen LogP contribution in [0.2, 0.25) is 0 Å². The summed E-state index contributed by atoms with van der Waals surface area (Å²) in [5.41, 5.74) is -0.168. The number of hydrogen-bond donors (Lipinski definition) is 2. The topological polar surface area (TPSA) is 69.6 Å². The highest BCUT2D eigenvalue weighted by Gasteiger charge is 2.23.